The molecule has 1 rings (SSSR count). The summed E-state index contributed by atoms with van der Waals surface area (Å²) >= 11 is 5.88. The van der Waals surface area contributed by atoms with Crippen LogP contribution in [0, 0.1) is 0 Å². The quantitative estimate of drug-likeness (QED) is 0.609. The van der Waals surface area contributed by atoms with Crippen molar-refractivity contribution in [3.63, 3.8) is 0 Å². The van der Waals surface area contributed by atoms with Gasteiger partial charge in [0.25, 0.3) is 0 Å². The monoisotopic (exact) mass is 173 g/mol. The predicted molar refractivity (Wildman–Crippen MR) is 46.5 cm³/mol. The second-order valence-corrected chi connectivity index (χ2v) is 3.11. The Kier molecular flexibility index (Phi) is 2.58. The number of ether oxygens (including phenoxy) is 1. The molecule has 2 N–H and O–H groups in total. The van der Waals surface area contributed by atoms with E-state index in [1.54, 1.807) is 7.11 Å². The molecule has 0 saturated carbocycles. The van der Waals surface area contributed by atoms with Crippen LogP contribution in [0.2, 0.25) is 0 Å². The van der Waals surface area contributed by atoms with E-state index in [0.717, 1.165) is 11.3 Å². The third-order valence-electron chi connectivity index (χ3n) is 1.73. The number of halogens is 1. The fourth-order valence-electron chi connectivity index (χ4n) is 1.06. The molecule has 0 aromatic rings. The van der Waals surface area contributed by atoms with E-state index in [4.69, 9.17) is 22.1 Å². The highest BCUT2D eigenvalue weighted by Crippen LogP contribution is 2.21. The third-order valence-corrected chi connectivity index (χ3v) is 2.15. The first-order chi connectivity index (χ1) is 5.15. The molecule has 0 amide bonds. The summed E-state index contributed by atoms with van der Waals surface area (Å²) in [6.45, 7) is 1.95. The molecule has 0 bridgehead atoms. The van der Waals surface area contributed by atoms with Crippen LogP contribution < -0.4 is 5.73 Å². The number of rotatable bonds is 1. The lowest BCUT2D eigenvalue weighted by Gasteiger charge is -2.19. The predicted octanol–water partition coefficient (Wildman–Crippen LogP) is 1.41. The lowest BCUT2D eigenvalue weighted by atomic mass is 10.0. The van der Waals surface area contributed by atoms with Crippen molar-refractivity contribution in [2.24, 2.45) is 5.73 Å². The highest BCUT2D eigenvalue weighted by molar-refractivity contribution is 6.22. The summed E-state index contributed by atoms with van der Waals surface area (Å²) in [4.78, 5) is 0. The average molecular weight is 174 g/mol. The number of nitrogens with two attached hydrogens (primary N) is 1. The summed E-state index contributed by atoms with van der Waals surface area (Å²) < 4.78 is 5.08. The van der Waals surface area contributed by atoms with Crippen LogP contribution in [0.1, 0.15) is 6.92 Å². The zero-order valence-electron chi connectivity index (χ0n) is 6.67. The zero-order valence-corrected chi connectivity index (χ0v) is 7.43. The van der Waals surface area contributed by atoms with Crippen LogP contribution in [0.25, 0.3) is 0 Å². The van der Waals surface area contributed by atoms with E-state index in [9.17, 15) is 0 Å². The van der Waals surface area contributed by atoms with Crippen molar-refractivity contribution in [2.45, 2.75) is 18.3 Å². The molecule has 62 valence electrons. The smallest absolute Gasteiger partial charge is 0.119 e. The molecule has 1 aliphatic rings. The molecular weight excluding hydrogens is 162 g/mol. The Morgan fingerprint density at radius 1 is 1.55 bits per heavy atom. The van der Waals surface area contributed by atoms with Crippen molar-refractivity contribution in [1.29, 1.82) is 0 Å². The maximum atomic E-state index is 5.88. The van der Waals surface area contributed by atoms with Crippen LogP contribution in [0.15, 0.2) is 23.5 Å². The van der Waals surface area contributed by atoms with Gasteiger partial charge in [0.1, 0.15) is 5.76 Å². The highest BCUT2D eigenvalue weighted by atomic mass is 35.5. The van der Waals surface area contributed by atoms with Gasteiger partial charge in [0.15, 0.2) is 0 Å². The number of hydrogen-bond acceptors (Lipinski definition) is 2. The van der Waals surface area contributed by atoms with Crippen LogP contribution in [0.4, 0.5) is 0 Å². The van der Waals surface area contributed by atoms with Crippen LogP contribution >= 0.6 is 11.6 Å². The van der Waals surface area contributed by atoms with Crippen LogP contribution in [-0.4, -0.2) is 18.5 Å². The van der Waals surface area contributed by atoms with Gasteiger partial charge in [-0.3, -0.25) is 0 Å². The Hall–Kier alpha value is -0.470. The topological polar surface area (TPSA) is 35.2 Å². The second-order valence-electron chi connectivity index (χ2n) is 2.61. The lowest BCUT2D eigenvalue weighted by molar-refractivity contribution is 0.296. The fourth-order valence-corrected chi connectivity index (χ4v) is 1.32. The first-order valence-electron chi connectivity index (χ1n) is 3.49. The summed E-state index contributed by atoms with van der Waals surface area (Å²) in [5.41, 5.74) is 6.72. The summed E-state index contributed by atoms with van der Waals surface area (Å²) in [6, 6.07) is -0.129. The standard InChI is InChI=1S/C8H12ClNO/c1-5-3-6(9)7(10)4-8(5)11-2/h3-4,6-7H,10H2,1-2H3. The SMILES string of the molecule is COC1=CC(N)C(Cl)C=C1C. The molecule has 2 unspecified atom stereocenters. The highest BCUT2D eigenvalue weighted by Gasteiger charge is 2.17. The van der Waals surface area contributed by atoms with Gasteiger partial charge in [-0.1, -0.05) is 6.08 Å². The zero-order chi connectivity index (χ0) is 8.43. The molecule has 0 radical (unpaired) electrons. The minimum atomic E-state index is -0.129. The van der Waals surface area contributed by atoms with E-state index in [1.807, 2.05) is 19.1 Å². The maximum Gasteiger partial charge on any atom is 0.119 e. The van der Waals surface area contributed by atoms with Crippen molar-refractivity contribution in [3.8, 4) is 0 Å². The van der Waals surface area contributed by atoms with Gasteiger partial charge >= 0.3 is 0 Å². The Morgan fingerprint density at radius 2 is 2.18 bits per heavy atom. The first kappa shape index (κ1) is 8.62. The molecule has 0 aliphatic heterocycles. The van der Waals surface area contributed by atoms with Gasteiger partial charge < -0.3 is 10.5 Å². The van der Waals surface area contributed by atoms with Crippen LogP contribution in [-0.2, 0) is 4.74 Å². The van der Waals surface area contributed by atoms with Crippen molar-refractivity contribution in [3.05, 3.63) is 23.5 Å². The van der Waals surface area contributed by atoms with Gasteiger partial charge in [-0.25, -0.2) is 0 Å². The summed E-state index contributed by atoms with van der Waals surface area (Å²) in [7, 11) is 1.63. The van der Waals surface area contributed by atoms with E-state index in [1.165, 1.54) is 0 Å². The lowest BCUT2D eigenvalue weighted by Crippen LogP contribution is -2.30. The van der Waals surface area contributed by atoms with Crippen molar-refractivity contribution in [2.75, 3.05) is 7.11 Å². The molecule has 0 heterocycles. The van der Waals surface area contributed by atoms with Gasteiger partial charge in [-0.05, 0) is 18.6 Å². The number of alkyl halides is 1. The molecule has 0 aromatic heterocycles. The van der Waals surface area contributed by atoms with Gasteiger partial charge in [-0.2, -0.15) is 0 Å². The van der Waals surface area contributed by atoms with Gasteiger partial charge in [-0.15, -0.1) is 11.6 Å². The van der Waals surface area contributed by atoms with E-state index < -0.39 is 0 Å². The summed E-state index contributed by atoms with van der Waals surface area (Å²) in [6.07, 6.45) is 3.75. The molecule has 1 aliphatic carbocycles. The number of allylic oxidation sites excluding steroid dienone is 1. The normalized spacial score (nSPS) is 30.9. The molecule has 0 fully saturated rings. The van der Waals surface area contributed by atoms with E-state index in [0.29, 0.717) is 0 Å². The minimum absolute atomic E-state index is 0.103. The van der Waals surface area contributed by atoms with E-state index in [-0.39, 0.29) is 11.4 Å². The number of hydrogen-bond donors (Lipinski definition) is 1. The summed E-state index contributed by atoms with van der Waals surface area (Å²) in [5, 5.41) is -0.103. The minimum Gasteiger partial charge on any atom is -0.497 e. The van der Waals surface area contributed by atoms with Crippen molar-refractivity contribution < 1.29 is 4.74 Å². The molecule has 0 aromatic carbocycles. The molecular formula is C8H12ClNO. The van der Waals surface area contributed by atoms with Gasteiger partial charge in [0, 0.05) is 6.04 Å². The second kappa shape index (κ2) is 3.28. The molecule has 3 heteroatoms. The molecule has 0 spiro atoms. The third kappa shape index (κ3) is 1.76. The number of methoxy groups -OCH3 is 1. The Labute approximate surface area is 71.7 Å². The summed E-state index contributed by atoms with van der Waals surface area (Å²) in [5.74, 6) is 0.828. The van der Waals surface area contributed by atoms with Gasteiger partial charge in [0.2, 0.25) is 0 Å². The molecule has 2 atom stereocenters. The van der Waals surface area contributed by atoms with Crippen molar-refractivity contribution in [1.82, 2.24) is 0 Å². The van der Waals surface area contributed by atoms with E-state index in [2.05, 4.69) is 0 Å². The van der Waals surface area contributed by atoms with Gasteiger partial charge in [0.05, 0.1) is 12.5 Å². The Morgan fingerprint density at radius 3 is 2.73 bits per heavy atom. The molecule has 11 heavy (non-hydrogen) atoms. The fraction of sp³-hybridized carbons (Fsp3) is 0.500. The van der Waals surface area contributed by atoms with Crippen LogP contribution in [0.5, 0.6) is 0 Å². The largest absolute Gasteiger partial charge is 0.497 e. The molecule has 0 saturated heterocycles. The van der Waals surface area contributed by atoms with E-state index >= 15 is 0 Å². The van der Waals surface area contributed by atoms with Crippen molar-refractivity contribution >= 4 is 11.6 Å². The Balaban J connectivity index is 2.82. The van der Waals surface area contributed by atoms with Crippen LogP contribution in [0.3, 0.4) is 0 Å². The first-order valence-corrected chi connectivity index (χ1v) is 3.93. The average Bonchev–Trinajstić information content (AvgIpc) is 1.97. The molecule has 2 nitrogen and oxygen atoms in total. The Bertz CT molecular complexity index is 210. The maximum absolute atomic E-state index is 5.88.